The van der Waals surface area contributed by atoms with Crippen LogP contribution in [0.15, 0.2) is 46.6 Å². The number of carbonyl (C=O) groups is 1. The van der Waals surface area contributed by atoms with E-state index < -0.39 is 46.2 Å². The summed E-state index contributed by atoms with van der Waals surface area (Å²) < 4.78 is 75.0. The van der Waals surface area contributed by atoms with Crippen molar-refractivity contribution < 1.29 is 26.7 Å². The van der Waals surface area contributed by atoms with Crippen LogP contribution in [0.5, 0.6) is 0 Å². The topological polar surface area (TPSA) is 64.9 Å². The summed E-state index contributed by atoms with van der Waals surface area (Å²) in [4.78, 5) is 38.4. The number of hydrogen-bond donors (Lipinski definition) is 0. The second-order valence-electron chi connectivity index (χ2n) is 11.5. The predicted octanol–water partition coefficient (Wildman–Crippen LogP) is 4.48. The van der Waals surface area contributed by atoms with E-state index in [1.54, 1.807) is 9.80 Å². The van der Waals surface area contributed by atoms with Gasteiger partial charge in [0.2, 0.25) is 5.91 Å². The number of carbonyl (C=O) groups excluding carboxylic acids is 1. The second-order valence-corrected chi connectivity index (χ2v) is 12.5. The molecule has 4 heterocycles. The molecule has 0 aliphatic carbocycles. The van der Waals surface area contributed by atoms with Gasteiger partial charge in [-0.3, -0.25) is 14.3 Å². The zero-order valence-corrected chi connectivity index (χ0v) is 25.6. The molecule has 240 valence electrons. The monoisotopic (exact) mass is 648 g/mol. The third-order valence-corrected chi connectivity index (χ3v) is 10.1. The van der Waals surface area contributed by atoms with Crippen LogP contribution in [0.2, 0.25) is 0 Å². The van der Waals surface area contributed by atoms with Crippen molar-refractivity contribution in [1.82, 2.24) is 24.3 Å². The van der Waals surface area contributed by atoms with Crippen LogP contribution in [0, 0.1) is 11.6 Å². The van der Waals surface area contributed by atoms with Crippen molar-refractivity contribution in [2.75, 3.05) is 76.1 Å². The van der Waals surface area contributed by atoms with Crippen LogP contribution < -0.4 is 10.6 Å². The molecule has 45 heavy (non-hydrogen) atoms. The first-order valence-electron chi connectivity index (χ1n) is 14.9. The molecule has 0 spiro atoms. The zero-order chi connectivity index (χ0) is 32.0. The van der Waals surface area contributed by atoms with E-state index in [-0.39, 0.29) is 59.5 Å². The average Bonchev–Trinajstić information content (AvgIpc) is 3.02. The Bertz CT molecular complexity index is 1700. The van der Waals surface area contributed by atoms with E-state index in [9.17, 15) is 27.2 Å². The molecule has 0 radical (unpaired) electrons. The quantitative estimate of drug-likeness (QED) is 0.289. The maximum Gasteiger partial charge on any atom is 0.417 e. The number of nitrogens with zero attached hydrogens (tertiary/aromatic N) is 6. The number of aromatic nitrogens is 2. The van der Waals surface area contributed by atoms with Crippen molar-refractivity contribution in [2.24, 2.45) is 0 Å². The Morgan fingerprint density at radius 1 is 1.04 bits per heavy atom. The molecule has 14 heteroatoms. The molecule has 3 aliphatic heterocycles. The normalized spacial score (nSPS) is 19.7. The van der Waals surface area contributed by atoms with E-state index in [4.69, 9.17) is 0 Å². The fourth-order valence-corrected chi connectivity index (χ4v) is 7.83. The molecule has 2 saturated heterocycles. The molecule has 1 aromatic heterocycles. The predicted molar refractivity (Wildman–Crippen MR) is 164 cm³/mol. The maximum atomic E-state index is 15.2. The molecule has 0 N–H and O–H groups in total. The van der Waals surface area contributed by atoms with E-state index in [1.165, 1.54) is 10.6 Å². The van der Waals surface area contributed by atoms with Gasteiger partial charge < -0.3 is 14.7 Å². The summed E-state index contributed by atoms with van der Waals surface area (Å²) in [6.07, 6.45) is -3.70. The van der Waals surface area contributed by atoms with Crippen molar-refractivity contribution in [3.8, 4) is 11.1 Å². The van der Waals surface area contributed by atoms with Crippen LogP contribution in [0.25, 0.3) is 22.0 Å². The van der Waals surface area contributed by atoms with Gasteiger partial charge in [-0.25, -0.2) is 13.6 Å². The highest BCUT2D eigenvalue weighted by atomic mass is 32.2. The number of thioether (sulfide) groups is 1. The minimum absolute atomic E-state index is 0.0904. The maximum absolute atomic E-state index is 15.2. The molecule has 3 aliphatic rings. The summed E-state index contributed by atoms with van der Waals surface area (Å²) in [5, 5.41) is 0.125. The third-order valence-electron chi connectivity index (χ3n) is 8.88. The van der Waals surface area contributed by atoms with Crippen LogP contribution in [0.3, 0.4) is 0 Å². The number of likely N-dealkylation sites (N-methyl/N-ethyl adjacent to an activating group) is 1. The van der Waals surface area contributed by atoms with Crippen molar-refractivity contribution >= 4 is 34.4 Å². The lowest BCUT2D eigenvalue weighted by Gasteiger charge is -2.39. The van der Waals surface area contributed by atoms with Crippen molar-refractivity contribution in [2.45, 2.75) is 24.0 Å². The van der Waals surface area contributed by atoms with Gasteiger partial charge in [-0.05, 0) is 30.8 Å². The summed E-state index contributed by atoms with van der Waals surface area (Å²) in [5.74, 6) is -1.93. The number of rotatable bonds is 6. The molecule has 2 aromatic carbocycles. The van der Waals surface area contributed by atoms with Gasteiger partial charge >= 0.3 is 11.9 Å². The van der Waals surface area contributed by atoms with E-state index in [1.807, 2.05) is 0 Å². The fourth-order valence-electron chi connectivity index (χ4n) is 6.50. The standard InChI is InChI=1S/C31H33F5N6O2S/c1-3-25(43)40-11-13-41(14-12-40)29-22-16-23(31(34,35)36)26(21-6-5-19(32)15-24(21)33)28-27(22)42(30(44)37-29)20(18-45-28)17-39-9-7-38(4-2)8-10-39/h3,5-6,15-16,20H,1,4,7-14,17-18H2,2H3/t20-/m0/s1. The highest BCUT2D eigenvalue weighted by molar-refractivity contribution is 7.99. The van der Waals surface area contributed by atoms with Crippen LogP contribution in [0.4, 0.5) is 27.8 Å². The van der Waals surface area contributed by atoms with E-state index in [0.29, 0.717) is 12.6 Å². The molecule has 2 fully saturated rings. The van der Waals surface area contributed by atoms with Gasteiger partial charge in [0, 0.05) is 92.1 Å². The van der Waals surface area contributed by atoms with Crippen molar-refractivity contribution in [3.05, 3.63) is 64.6 Å². The Labute approximate surface area is 261 Å². The first-order valence-corrected chi connectivity index (χ1v) is 15.9. The average molecular weight is 649 g/mol. The lowest BCUT2D eigenvalue weighted by molar-refractivity contribution is -0.137. The lowest BCUT2D eigenvalue weighted by Crippen LogP contribution is -2.50. The minimum atomic E-state index is -4.90. The number of anilines is 1. The van der Waals surface area contributed by atoms with Gasteiger partial charge in [0.1, 0.15) is 17.5 Å². The fraction of sp³-hybridized carbons (Fsp3) is 0.452. The Morgan fingerprint density at radius 2 is 1.73 bits per heavy atom. The number of halogens is 5. The Kier molecular flexibility index (Phi) is 8.65. The second kappa shape index (κ2) is 12.4. The van der Waals surface area contributed by atoms with Gasteiger partial charge in [-0.15, -0.1) is 11.8 Å². The molecular formula is C31H33F5N6O2S. The van der Waals surface area contributed by atoms with Gasteiger partial charge in [-0.1, -0.05) is 13.5 Å². The van der Waals surface area contributed by atoms with Gasteiger partial charge in [0.25, 0.3) is 0 Å². The van der Waals surface area contributed by atoms with E-state index in [0.717, 1.165) is 62.7 Å². The highest BCUT2D eigenvalue weighted by Crippen LogP contribution is 2.50. The number of benzene rings is 2. The molecule has 0 saturated carbocycles. The van der Waals surface area contributed by atoms with E-state index >= 15 is 4.39 Å². The summed E-state index contributed by atoms with van der Waals surface area (Å²) in [7, 11) is 0. The Balaban J connectivity index is 1.54. The smallest absolute Gasteiger partial charge is 0.352 e. The molecule has 1 amide bonds. The molecule has 1 atom stereocenters. The van der Waals surface area contributed by atoms with Gasteiger partial charge in [-0.2, -0.15) is 18.2 Å². The van der Waals surface area contributed by atoms with Gasteiger partial charge in [0.05, 0.1) is 17.1 Å². The summed E-state index contributed by atoms with van der Waals surface area (Å²) in [6.45, 7) is 11.4. The SMILES string of the molecule is C=CC(=O)N1CCN(c2nc(=O)n3c4c(c(-c5ccc(F)cc5F)c(C(F)(F)F)cc24)SC[C@@H]3CN2CCN(CC)CC2)CC1. The molecule has 8 nitrogen and oxygen atoms in total. The molecule has 0 bridgehead atoms. The lowest BCUT2D eigenvalue weighted by atomic mass is 9.95. The van der Waals surface area contributed by atoms with Gasteiger partial charge in [0.15, 0.2) is 0 Å². The molecule has 3 aromatic rings. The van der Waals surface area contributed by atoms with Crippen molar-refractivity contribution in [1.29, 1.82) is 0 Å². The minimum Gasteiger partial charge on any atom is -0.352 e. The van der Waals surface area contributed by atoms with Crippen LogP contribution in [-0.2, 0) is 11.0 Å². The van der Waals surface area contributed by atoms with E-state index in [2.05, 4.69) is 28.3 Å². The van der Waals surface area contributed by atoms with Crippen LogP contribution >= 0.6 is 11.8 Å². The number of piperazine rings is 2. The Hall–Kier alpha value is -3.49. The van der Waals surface area contributed by atoms with Crippen molar-refractivity contribution in [3.63, 3.8) is 0 Å². The summed E-state index contributed by atoms with van der Waals surface area (Å²) >= 11 is 1.15. The molecular weight excluding hydrogens is 615 g/mol. The number of alkyl halides is 3. The number of hydrogen-bond acceptors (Lipinski definition) is 7. The summed E-state index contributed by atoms with van der Waals surface area (Å²) in [5.41, 5.74) is -2.25. The first kappa shape index (κ1) is 31.5. The highest BCUT2D eigenvalue weighted by Gasteiger charge is 2.40. The summed E-state index contributed by atoms with van der Waals surface area (Å²) in [6, 6.07) is 3.05. The molecule has 0 unspecified atom stereocenters. The zero-order valence-electron chi connectivity index (χ0n) is 24.7. The van der Waals surface area contributed by atoms with Crippen LogP contribution in [-0.4, -0.2) is 101 Å². The van der Waals surface area contributed by atoms with Crippen LogP contribution in [0.1, 0.15) is 18.5 Å². The number of amides is 1. The Morgan fingerprint density at radius 3 is 2.36 bits per heavy atom. The molecule has 6 rings (SSSR count). The first-order chi connectivity index (χ1) is 21.5. The largest absolute Gasteiger partial charge is 0.417 e. The third kappa shape index (κ3) is 5.95.